The number of anilines is 1. The maximum Gasteiger partial charge on any atom is 0.161 e. The lowest BCUT2D eigenvalue weighted by Crippen LogP contribution is -2.03. The fraction of sp³-hybridized carbons (Fsp3) is 0.150. The van der Waals surface area contributed by atoms with E-state index in [-0.39, 0.29) is 0 Å². The highest BCUT2D eigenvalue weighted by Gasteiger charge is 2.08. The van der Waals surface area contributed by atoms with Crippen LogP contribution < -0.4 is 10.2 Å². The molecule has 0 saturated carbocycles. The van der Waals surface area contributed by atoms with Crippen molar-refractivity contribution < 1.29 is 4.74 Å². The van der Waals surface area contributed by atoms with Crippen LogP contribution in [0.1, 0.15) is 16.8 Å². The van der Waals surface area contributed by atoms with Crippen molar-refractivity contribution in [2.24, 2.45) is 5.10 Å². The van der Waals surface area contributed by atoms with E-state index in [1.807, 2.05) is 68.4 Å². The maximum absolute atomic E-state index is 5.15. The van der Waals surface area contributed by atoms with Gasteiger partial charge in [0.05, 0.1) is 13.3 Å². The predicted molar refractivity (Wildman–Crippen MR) is 101 cm³/mol. The molecule has 1 aromatic heterocycles. The first-order valence-electron chi connectivity index (χ1n) is 8.01. The van der Waals surface area contributed by atoms with Crippen LogP contribution >= 0.6 is 0 Å². The number of rotatable bonds is 5. The highest BCUT2D eigenvalue weighted by Crippen LogP contribution is 2.21. The lowest BCUT2D eigenvalue weighted by Gasteiger charge is -2.09. The summed E-state index contributed by atoms with van der Waals surface area (Å²) in [6.45, 7) is 3.96. The Morgan fingerprint density at radius 1 is 0.960 bits per heavy atom. The van der Waals surface area contributed by atoms with Gasteiger partial charge in [-0.15, -0.1) is 0 Å². The number of ether oxygens (including phenoxy) is 1. The first kappa shape index (κ1) is 16.6. The summed E-state index contributed by atoms with van der Waals surface area (Å²) in [5.74, 6) is 2.21. The Hall–Kier alpha value is -3.21. The quantitative estimate of drug-likeness (QED) is 0.561. The van der Waals surface area contributed by atoms with Crippen LogP contribution in [0, 0.1) is 13.8 Å². The molecular formula is C20H20N4O. The van der Waals surface area contributed by atoms with Gasteiger partial charge in [0.2, 0.25) is 0 Å². The highest BCUT2D eigenvalue weighted by atomic mass is 16.5. The zero-order valence-electron chi connectivity index (χ0n) is 14.5. The summed E-state index contributed by atoms with van der Waals surface area (Å²) in [6, 6.07) is 17.6. The maximum atomic E-state index is 5.15. The average molecular weight is 332 g/mol. The monoisotopic (exact) mass is 332 g/mol. The van der Waals surface area contributed by atoms with Crippen LogP contribution in [0.2, 0.25) is 0 Å². The number of hydrogen-bond donors (Lipinski definition) is 1. The summed E-state index contributed by atoms with van der Waals surface area (Å²) in [6.07, 6.45) is 1.75. The van der Waals surface area contributed by atoms with Gasteiger partial charge in [-0.2, -0.15) is 5.10 Å². The molecule has 2 aromatic carbocycles. The molecule has 0 radical (unpaired) electrons. The number of hydrazone groups is 1. The van der Waals surface area contributed by atoms with Gasteiger partial charge in [0.1, 0.15) is 5.75 Å². The molecule has 0 aliphatic carbocycles. The largest absolute Gasteiger partial charge is 0.497 e. The summed E-state index contributed by atoms with van der Waals surface area (Å²) in [5.41, 5.74) is 6.88. The van der Waals surface area contributed by atoms with Crippen LogP contribution in [0.4, 0.5) is 5.82 Å². The molecule has 0 spiro atoms. The van der Waals surface area contributed by atoms with E-state index < -0.39 is 0 Å². The van der Waals surface area contributed by atoms with Crippen LogP contribution in [-0.2, 0) is 0 Å². The van der Waals surface area contributed by atoms with Crippen molar-refractivity contribution in [1.29, 1.82) is 0 Å². The minimum absolute atomic E-state index is 0.686. The Balaban J connectivity index is 1.81. The SMILES string of the molecule is COc1ccc(C=NNc2nc(-c3ccccc3)nc(C)c2C)cc1. The van der Waals surface area contributed by atoms with Crippen LogP contribution in [0.5, 0.6) is 5.75 Å². The van der Waals surface area contributed by atoms with Crippen LogP contribution in [0.25, 0.3) is 11.4 Å². The third-order valence-electron chi connectivity index (χ3n) is 3.92. The Kier molecular flexibility index (Phi) is 5.04. The molecule has 0 saturated heterocycles. The summed E-state index contributed by atoms with van der Waals surface area (Å²) in [5, 5.41) is 4.30. The summed E-state index contributed by atoms with van der Waals surface area (Å²) < 4.78 is 5.15. The average Bonchev–Trinajstić information content (AvgIpc) is 2.66. The summed E-state index contributed by atoms with van der Waals surface area (Å²) in [4.78, 5) is 9.18. The molecule has 0 unspecified atom stereocenters. The van der Waals surface area contributed by atoms with Crippen molar-refractivity contribution in [2.45, 2.75) is 13.8 Å². The molecule has 0 atom stereocenters. The molecule has 3 aromatic rings. The molecular weight excluding hydrogens is 312 g/mol. The third-order valence-corrected chi connectivity index (χ3v) is 3.92. The molecule has 0 aliphatic heterocycles. The summed E-state index contributed by atoms with van der Waals surface area (Å²) in [7, 11) is 1.65. The Bertz CT molecular complexity index is 874. The van der Waals surface area contributed by atoms with Crippen molar-refractivity contribution >= 4 is 12.0 Å². The first-order chi connectivity index (χ1) is 12.2. The lowest BCUT2D eigenvalue weighted by molar-refractivity contribution is 0.415. The Morgan fingerprint density at radius 3 is 2.36 bits per heavy atom. The van der Waals surface area contributed by atoms with Crippen molar-refractivity contribution in [3.05, 3.63) is 71.4 Å². The molecule has 5 nitrogen and oxygen atoms in total. The molecule has 1 N–H and O–H groups in total. The van der Waals surface area contributed by atoms with E-state index in [1.54, 1.807) is 13.3 Å². The van der Waals surface area contributed by atoms with Crippen molar-refractivity contribution in [3.8, 4) is 17.1 Å². The van der Waals surface area contributed by atoms with Crippen LogP contribution in [-0.4, -0.2) is 23.3 Å². The van der Waals surface area contributed by atoms with Crippen molar-refractivity contribution in [3.63, 3.8) is 0 Å². The topological polar surface area (TPSA) is 59.4 Å². The van der Waals surface area contributed by atoms with E-state index in [1.165, 1.54) is 0 Å². The zero-order chi connectivity index (χ0) is 17.6. The number of aryl methyl sites for hydroxylation is 1. The molecule has 5 heteroatoms. The summed E-state index contributed by atoms with van der Waals surface area (Å²) >= 11 is 0. The van der Waals surface area contributed by atoms with Gasteiger partial charge in [0, 0.05) is 16.8 Å². The highest BCUT2D eigenvalue weighted by molar-refractivity contribution is 5.80. The standard InChI is InChI=1S/C20H20N4O/c1-14-15(2)22-20(17-7-5-4-6-8-17)23-19(14)24-21-13-16-9-11-18(25-3)12-10-16/h4-13H,1-3H3,(H,22,23,24). The van der Waals surface area contributed by atoms with Gasteiger partial charge < -0.3 is 4.74 Å². The van der Waals surface area contributed by atoms with Gasteiger partial charge in [-0.3, -0.25) is 5.43 Å². The smallest absolute Gasteiger partial charge is 0.161 e. The molecule has 0 bridgehead atoms. The van der Waals surface area contributed by atoms with Gasteiger partial charge in [0.25, 0.3) is 0 Å². The fourth-order valence-corrected chi connectivity index (χ4v) is 2.31. The number of nitrogens with one attached hydrogen (secondary N) is 1. The number of aromatic nitrogens is 2. The van der Waals surface area contributed by atoms with E-state index in [9.17, 15) is 0 Å². The first-order valence-corrected chi connectivity index (χ1v) is 8.01. The number of hydrogen-bond acceptors (Lipinski definition) is 5. The van der Waals surface area contributed by atoms with Crippen LogP contribution in [0.3, 0.4) is 0 Å². The number of benzene rings is 2. The van der Waals surface area contributed by atoms with E-state index in [2.05, 4.69) is 20.5 Å². The molecule has 0 aliphatic rings. The van der Waals surface area contributed by atoms with E-state index in [0.29, 0.717) is 11.6 Å². The predicted octanol–water partition coefficient (Wildman–Crippen LogP) is 4.22. The van der Waals surface area contributed by atoms with Crippen LogP contribution in [0.15, 0.2) is 59.7 Å². The molecule has 25 heavy (non-hydrogen) atoms. The molecule has 0 amide bonds. The normalized spacial score (nSPS) is 10.8. The zero-order valence-corrected chi connectivity index (χ0v) is 14.5. The Labute approximate surface area is 147 Å². The van der Waals surface area contributed by atoms with Gasteiger partial charge in [-0.1, -0.05) is 30.3 Å². The molecule has 126 valence electrons. The third kappa shape index (κ3) is 4.01. The molecule has 3 rings (SSSR count). The minimum Gasteiger partial charge on any atom is -0.497 e. The second-order valence-corrected chi connectivity index (χ2v) is 5.62. The molecule has 0 fully saturated rings. The lowest BCUT2D eigenvalue weighted by atomic mass is 10.2. The van der Waals surface area contributed by atoms with Gasteiger partial charge >= 0.3 is 0 Å². The molecule has 1 heterocycles. The van der Waals surface area contributed by atoms with Crippen molar-refractivity contribution in [2.75, 3.05) is 12.5 Å². The Morgan fingerprint density at radius 2 is 1.68 bits per heavy atom. The second-order valence-electron chi connectivity index (χ2n) is 5.62. The van der Waals surface area contributed by atoms with E-state index >= 15 is 0 Å². The van der Waals surface area contributed by atoms with E-state index in [4.69, 9.17) is 4.74 Å². The minimum atomic E-state index is 0.686. The number of methoxy groups -OCH3 is 1. The van der Waals surface area contributed by atoms with Crippen molar-refractivity contribution in [1.82, 2.24) is 9.97 Å². The second kappa shape index (κ2) is 7.57. The van der Waals surface area contributed by atoms with Gasteiger partial charge in [0.15, 0.2) is 11.6 Å². The van der Waals surface area contributed by atoms with Gasteiger partial charge in [-0.25, -0.2) is 9.97 Å². The fourth-order valence-electron chi connectivity index (χ4n) is 2.31. The number of nitrogens with zero attached hydrogens (tertiary/aromatic N) is 3. The van der Waals surface area contributed by atoms with Gasteiger partial charge in [-0.05, 0) is 43.7 Å². The van der Waals surface area contributed by atoms with E-state index in [0.717, 1.165) is 28.1 Å².